The smallest absolute Gasteiger partial charge is 0.126 e. The third-order valence-corrected chi connectivity index (χ3v) is 4.10. The molecule has 0 saturated carbocycles. The largest absolute Gasteiger partial charge is 0.366 e. The molecule has 0 amide bonds. The van der Waals surface area contributed by atoms with Gasteiger partial charge in [0.2, 0.25) is 0 Å². The van der Waals surface area contributed by atoms with Gasteiger partial charge in [0.1, 0.15) is 5.82 Å². The summed E-state index contributed by atoms with van der Waals surface area (Å²) in [6.45, 7) is 4.67. The zero-order valence-electron chi connectivity index (χ0n) is 10.5. The molecule has 0 aromatic carbocycles. The Morgan fingerprint density at radius 2 is 2.24 bits per heavy atom. The van der Waals surface area contributed by atoms with Crippen LogP contribution in [-0.2, 0) is 0 Å². The van der Waals surface area contributed by atoms with E-state index in [0.717, 1.165) is 11.9 Å². The molecule has 2 unspecified atom stereocenters. The molecule has 0 radical (unpaired) electrons. The van der Waals surface area contributed by atoms with Crippen molar-refractivity contribution in [3.63, 3.8) is 0 Å². The highest BCUT2D eigenvalue weighted by atomic mass is 15.2. The van der Waals surface area contributed by atoms with Gasteiger partial charge in [-0.1, -0.05) is 6.42 Å². The molecule has 92 valence electrons. The molecule has 3 heteroatoms. The molecule has 17 heavy (non-hydrogen) atoms. The van der Waals surface area contributed by atoms with E-state index in [1.54, 1.807) is 0 Å². The Labute approximate surface area is 103 Å². The first-order valence-electron chi connectivity index (χ1n) is 6.76. The normalized spacial score (nSPS) is 29.0. The zero-order valence-corrected chi connectivity index (χ0v) is 10.5. The minimum atomic E-state index is 0.601. The van der Waals surface area contributed by atoms with E-state index in [1.807, 2.05) is 12.3 Å². The second kappa shape index (κ2) is 4.65. The van der Waals surface area contributed by atoms with Crippen molar-refractivity contribution in [3.8, 4) is 0 Å². The number of nitrogens with zero attached hydrogens (tertiary/aromatic N) is 2. The summed E-state index contributed by atoms with van der Waals surface area (Å²) in [7, 11) is 0. The van der Waals surface area contributed by atoms with Crippen LogP contribution in [0.5, 0.6) is 0 Å². The number of hydrogen-bond donors (Lipinski definition) is 1. The lowest BCUT2D eigenvalue weighted by Crippen LogP contribution is -2.41. The number of aromatic nitrogens is 1. The molecule has 2 atom stereocenters. The summed E-state index contributed by atoms with van der Waals surface area (Å²) in [4.78, 5) is 7.06. The molecule has 2 aliphatic rings. The maximum Gasteiger partial charge on any atom is 0.126 e. The van der Waals surface area contributed by atoms with Gasteiger partial charge in [0, 0.05) is 24.8 Å². The van der Waals surface area contributed by atoms with Crippen LogP contribution in [0, 0.1) is 6.92 Å². The van der Waals surface area contributed by atoms with E-state index < -0.39 is 0 Å². The average molecular weight is 231 g/mol. The van der Waals surface area contributed by atoms with Gasteiger partial charge in [-0.3, -0.25) is 4.90 Å². The second-order valence-electron chi connectivity index (χ2n) is 5.36. The van der Waals surface area contributed by atoms with Crippen LogP contribution < -0.4 is 5.32 Å². The molecular formula is C14H21N3. The van der Waals surface area contributed by atoms with Gasteiger partial charge in [-0.15, -0.1) is 0 Å². The topological polar surface area (TPSA) is 28.2 Å². The Morgan fingerprint density at radius 1 is 1.29 bits per heavy atom. The van der Waals surface area contributed by atoms with Gasteiger partial charge < -0.3 is 5.32 Å². The first-order valence-corrected chi connectivity index (χ1v) is 6.76. The fourth-order valence-electron chi connectivity index (χ4n) is 3.22. The van der Waals surface area contributed by atoms with Crippen LogP contribution in [-0.4, -0.2) is 35.1 Å². The number of aryl methyl sites for hydroxylation is 1. The molecule has 2 aliphatic heterocycles. The zero-order chi connectivity index (χ0) is 11.7. The maximum atomic E-state index is 4.41. The van der Waals surface area contributed by atoms with Gasteiger partial charge in [0.05, 0.1) is 0 Å². The Kier molecular flexibility index (Phi) is 3.02. The number of nitrogens with one attached hydrogen (secondary N) is 1. The third-order valence-electron chi connectivity index (χ3n) is 4.10. The van der Waals surface area contributed by atoms with Crippen molar-refractivity contribution in [2.24, 2.45) is 0 Å². The molecule has 0 aliphatic carbocycles. The van der Waals surface area contributed by atoms with Crippen molar-refractivity contribution < 1.29 is 0 Å². The van der Waals surface area contributed by atoms with Crippen LogP contribution in [0.2, 0.25) is 0 Å². The number of hydrogen-bond acceptors (Lipinski definition) is 3. The first kappa shape index (κ1) is 11.0. The van der Waals surface area contributed by atoms with Gasteiger partial charge in [0.25, 0.3) is 0 Å². The van der Waals surface area contributed by atoms with E-state index in [9.17, 15) is 0 Å². The minimum Gasteiger partial charge on any atom is -0.366 e. The van der Waals surface area contributed by atoms with Crippen LogP contribution in [0.25, 0.3) is 0 Å². The average Bonchev–Trinajstić information content (AvgIpc) is 2.73. The summed E-state index contributed by atoms with van der Waals surface area (Å²) in [6.07, 6.45) is 7.28. The number of piperidine rings is 1. The third kappa shape index (κ3) is 2.29. The van der Waals surface area contributed by atoms with Crippen LogP contribution in [0.3, 0.4) is 0 Å². The summed E-state index contributed by atoms with van der Waals surface area (Å²) in [5.41, 5.74) is 1.28. The van der Waals surface area contributed by atoms with Crippen molar-refractivity contribution in [2.75, 3.05) is 18.4 Å². The summed E-state index contributed by atoms with van der Waals surface area (Å²) < 4.78 is 0. The van der Waals surface area contributed by atoms with Gasteiger partial charge in [-0.05, 0) is 50.4 Å². The fraction of sp³-hybridized carbons (Fsp3) is 0.643. The molecule has 1 aromatic heterocycles. The lowest BCUT2D eigenvalue weighted by Gasteiger charge is -2.32. The molecule has 0 bridgehead atoms. The van der Waals surface area contributed by atoms with Gasteiger partial charge in [-0.2, -0.15) is 0 Å². The molecule has 1 aromatic rings. The second-order valence-corrected chi connectivity index (χ2v) is 5.36. The molecule has 3 rings (SSSR count). The molecule has 2 saturated heterocycles. The van der Waals surface area contributed by atoms with Crippen LogP contribution in [0.15, 0.2) is 18.3 Å². The highest BCUT2D eigenvalue weighted by Crippen LogP contribution is 2.28. The monoisotopic (exact) mass is 231 g/mol. The molecule has 1 N–H and O–H groups in total. The van der Waals surface area contributed by atoms with Gasteiger partial charge in [0.15, 0.2) is 0 Å². The van der Waals surface area contributed by atoms with E-state index in [-0.39, 0.29) is 0 Å². The van der Waals surface area contributed by atoms with Crippen LogP contribution in [0.4, 0.5) is 5.82 Å². The summed E-state index contributed by atoms with van der Waals surface area (Å²) in [5.74, 6) is 1.04. The molecular weight excluding hydrogens is 210 g/mol. The highest BCUT2D eigenvalue weighted by molar-refractivity contribution is 5.38. The molecule has 3 heterocycles. The Hall–Kier alpha value is -1.09. The number of rotatable bonds is 2. The lowest BCUT2D eigenvalue weighted by molar-refractivity contribution is 0.192. The van der Waals surface area contributed by atoms with E-state index in [1.165, 1.54) is 44.3 Å². The minimum absolute atomic E-state index is 0.601. The van der Waals surface area contributed by atoms with Crippen molar-refractivity contribution in [2.45, 2.75) is 44.7 Å². The quantitative estimate of drug-likeness (QED) is 0.847. The Morgan fingerprint density at radius 3 is 3.12 bits per heavy atom. The van der Waals surface area contributed by atoms with Crippen molar-refractivity contribution in [3.05, 3.63) is 23.9 Å². The van der Waals surface area contributed by atoms with Gasteiger partial charge in [-0.25, -0.2) is 4.98 Å². The summed E-state index contributed by atoms with van der Waals surface area (Å²) in [5, 5.41) is 3.63. The van der Waals surface area contributed by atoms with E-state index in [4.69, 9.17) is 0 Å². The Balaban J connectivity index is 1.69. The van der Waals surface area contributed by atoms with Crippen molar-refractivity contribution in [1.29, 1.82) is 0 Å². The molecule has 3 nitrogen and oxygen atoms in total. The van der Waals surface area contributed by atoms with Crippen molar-refractivity contribution in [1.82, 2.24) is 9.88 Å². The fourth-order valence-corrected chi connectivity index (χ4v) is 3.22. The molecule has 0 spiro atoms. The molecule has 2 fully saturated rings. The van der Waals surface area contributed by atoms with E-state index in [2.05, 4.69) is 28.2 Å². The van der Waals surface area contributed by atoms with Gasteiger partial charge >= 0.3 is 0 Å². The number of pyridine rings is 1. The number of fused-ring (bicyclic) bond motifs is 1. The summed E-state index contributed by atoms with van der Waals surface area (Å²) >= 11 is 0. The standard InChI is InChI=1S/C14H21N3/c1-11-5-7-15-14(10-11)16-12-6-9-17-8-3-2-4-13(12)17/h5,7,10,12-13H,2-4,6,8-9H2,1H3,(H,15,16). The van der Waals surface area contributed by atoms with Crippen LogP contribution >= 0.6 is 0 Å². The SMILES string of the molecule is Cc1ccnc(NC2CCN3CCCCC23)c1. The Bertz CT molecular complexity index is 391. The van der Waals surface area contributed by atoms with E-state index >= 15 is 0 Å². The van der Waals surface area contributed by atoms with E-state index in [0.29, 0.717) is 6.04 Å². The summed E-state index contributed by atoms with van der Waals surface area (Å²) in [6, 6.07) is 5.54. The van der Waals surface area contributed by atoms with Crippen LogP contribution in [0.1, 0.15) is 31.2 Å². The highest BCUT2D eigenvalue weighted by Gasteiger charge is 2.35. The van der Waals surface area contributed by atoms with Crippen molar-refractivity contribution >= 4 is 5.82 Å². The predicted octanol–water partition coefficient (Wildman–Crippen LogP) is 2.43. The first-order chi connectivity index (χ1) is 8.33. The lowest BCUT2D eigenvalue weighted by atomic mass is 9.99. The number of anilines is 1. The predicted molar refractivity (Wildman–Crippen MR) is 70.2 cm³/mol. The maximum absolute atomic E-state index is 4.41.